The summed E-state index contributed by atoms with van der Waals surface area (Å²) in [5.41, 5.74) is 0.607. The first-order valence-electron chi connectivity index (χ1n) is 9.16. The number of amides is 1. The number of H-pyrrole nitrogens is 1. The molecular formula is C21H15F3N4O3S. The normalized spacial score (nSPS) is 11.5. The first-order valence-corrected chi connectivity index (χ1v) is 10.6. The Kier molecular flexibility index (Phi) is 5.35. The van der Waals surface area contributed by atoms with Crippen molar-refractivity contribution in [3.63, 3.8) is 0 Å². The second-order valence-electron chi connectivity index (χ2n) is 6.88. The average Bonchev–Trinajstić information content (AvgIpc) is 3.09. The van der Waals surface area contributed by atoms with Gasteiger partial charge in [0.05, 0.1) is 11.4 Å². The Balaban J connectivity index is 1.79. The number of sulfonamides is 1. The summed E-state index contributed by atoms with van der Waals surface area (Å²) in [5, 5.41) is 3.05. The van der Waals surface area contributed by atoms with Gasteiger partial charge in [-0.15, -0.1) is 0 Å². The van der Waals surface area contributed by atoms with Crippen molar-refractivity contribution in [1.29, 1.82) is 0 Å². The third kappa shape index (κ3) is 4.14. The molecule has 2 aromatic carbocycles. The van der Waals surface area contributed by atoms with Crippen molar-refractivity contribution in [2.75, 3.05) is 10.0 Å². The van der Waals surface area contributed by atoms with Crippen LogP contribution in [-0.2, 0) is 14.8 Å². The number of fused-ring (bicyclic) bond motifs is 1. The Morgan fingerprint density at radius 1 is 1.06 bits per heavy atom. The molecule has 0 unspecified atom stereocenters. The predicted octanol–water partition coefficient (Wildman–Crippen LogP) is 4.41. The quantitative estimate of drug-likeness (QED) is 0.411. The highest BCUT2D eigenvalue weighted by Crippen LogP contribution is 2.32. The topological polar surface area (TPSA) is 104 Å². The van der Waals surface area contributed by atoms with Crippen LogP contribution in [0.2, 0.25) is 0 Å². The summed E-state index contributed by atoms with van der Waals surface area (Å²) in [6.45, 7) is 1.32. The highest BCUT2D eigenvalue weighted by Gasteiger charge is 2.23. The van der Waals surface area contributed by atoms with E-state index in [1.54, 1.807) is 0 Å². The molecule has 3 N–H and O–H groups in total. The Hall–Kier alpha value is -3.86. The fourth-order valence-corrected chi connectivity index (χ4v) is 4.30. The van der Waals surface area contributed by atoms with Gasteiger partial charge in [0.25, 0.3) is 10.0 Å². The SMILES string of the molecule is CC(=O)Nc1c[nH]c2ncc(-c3cc(S(=O)(=O)Nc4cccc(F)c4)c(F)cc3F)cc12. The summed E-state index contributed by atoms with van der Waals surface area (Å²) < 4.78 is 69.9. The summed E-state index contributed by atoms with van der Waals surface area (Å²) >= 11 is 0. The maximum absolute atomic E-state index is 14.6. The third-order valence-corrected chi connectivity index (χ3v) is 5.94. The molecule has 11 heteroatoms. The first kappa shape index (κ1) is 21.4. The minimum absolute atomic E-state index is 0.120. The van der Waals surface area contributed by atoms with Gasteiger partial charge in [-0.25, -0.2) is 26.6 Å². The lowest BCUT2D eigenvalue weighted by Crippen LogP contribution is -2.15. The lowest BCUT2D eigenvalue weighted by atomic mass is 10.1. The fourth-order valence-electron chi connectivity index (χ4n) is 3.16. The van der Waals surface area contributed by atoms with E-state index in [-0.39, 0.29) is 22.7 Å². The molecule has 0 radical (unpaired) electrons. The van der Waals surface area contributed by atoms with Crippen LogP contribution in [0.3, 0.4) is 0 Å². The molecule has 2 heterocycles. The Labute approximate surface area is 180 Å². The number of carbonyl (C=O) groups excluding carboxylic acids is 1. The number of aromatic nitrogens is 2. The summed E-state index contributed by atoms with van der Waals surface area (Å²) in [4.78, 5) is 17.6. The van der Waals surface area contributed by atoms with E-state index < -0.39 is 32.4 Å². The van der Waals surface area contributed by atoms with Gasteiger partial charge >= 0.3 is 0 Å². The molecule has 0 saturated carbocycles. The highest BCUT2D eigenvalue weighted by molar-refractivity contribution is 7.92. The van der Waals surface area contributed by atoms with Crippen LogP contribution < -0.4 is 10.0 Å². The molecule has 0 aliphatic rings. The Bertz CT molecular complexity index is 1470. The van der Waals surface area contributed by atoms with Crippen LogP contribution in [0.25, 0.3) is 22.2 Å². The number of aromatic amines is 1. The van der Waals surface area contributed by atoms with Gasteiger partial charge in [0.2, 0.25) is 5.91 Å². The monoisotopic (exact) mass is 460 g/mol. The molecular weight excluding hydrogens is 445 g/mol. The van der Waals surface area contributed by atoms with Gasteiger partial charge in [-0.1, -0.05) is 6.07 Å². The molecule has 0 aliphatic carbocycles. The van der Waals surface area contributed by atoms with Crippen molar-refractivity contribution in [1.82, 2.24) is 9.97 Å². The van der Waals surface area contributed by atoms with E-state index in [0.29, 0.717) is 22.8 Å². The predicted molar refractivity (Wildman–Crippen MR) is 113 cm³/mol. The molecule has 164 valence electrons. The highest BCUT2D eigenvalue weighted by atomic mass is 32.2. The number of hydrogen-bond acceptors (Lipinski definition) is 4. The van der Waals surface area contributed by atoms with Crippen molar-refractivity contribution in [3.8, 4) is 11.1 Å². The van der Waals surface area contributed by atoms with Crippen LogP contribution >= 0.6 is 0 Å². The summed E-state index contributed by atoms with van der Waals surface area (Å²) in [6.07, 6.45) is 2.78. The van der Waals surface area contributed by atoms with Crippen LogP contribution in [0.1, 0.15) is 6.92 Å². The van der Waals surface area contributed by atoms with Crippen molar-refractivity contribution in [2.45, 2.75) is 11.8 Å². The van der Waals surface area contributed by atoms with Crippen LogP contribution in [-0.4, -0.2) is 24.3 Å². The number of nitrogens with zero attached hydrogens (tertiary/aromatic N) is 1. The Morgan fingerprint density at radius 2 is 1.84 bits per heavy atom. The van der Waals surface area contributed by atoms with E-state index in [2.05, 4.69) is 20.0 Å². The van der Waals surface area contributed by atoms with E-state index in [1.165, 1.54) is 37.5 Å². The summed E-state index contributed by atoms with van der Waals surface area (Å²) in [7, 11) is -4.51. The number of nitrogens with one attached hydrogen (secondary N) is 3. The first-order chi connectivity index (χ1) is 15.1. The van der Waals surface area contributed by atoms with Crippen molar-refractivity contribution in [3.05, 3.63) is 72.3 Å². The van der Waals surface area contributed by atoms with Gasteiger partial charge in [0.15, 0.2) is 0 Å². The number of carbonyl (C=O) groups is 1. The molecule has 2 aromatic heterocycles. The Morgan fingerprint density at radius 3 is 2.56 bits per heavy atom. The van der Waals surface area contributed by atoms with E-state index in [1.807, 2.05) is 0 Å². The maximum Gasteiger partial charge on any atom is 0.264 e. The second-order valence-corrected chi connectivity index (χ2v) is 8.53. The number of hydrogen-bond donors (Lipinski definition) is 3. The van der Waals surface area contributed by atoms with Crippen molar-refractivity contribution >= 4 is 38.3 Å². The lowest BCUT2D eigenvalue weighted by molar-refractivity contribution is -0.114. The van der Waals surface area contributed by atoms with Gasteiger partial charge in [0.1, 0.15) is 28.0 Å². The number of anilines is 2. The maximum atomic E-state index is 14.6. The van der Waals surface area contributed by atoms with Crippen molar-refractivity contribution in [2.24, 2.45) is 0 Å². The second kappa shape index (κ2) is 8.00. The molecule has 32 heavy (non-hydrogen) atoms. The number of pyridine rings is 1. The standard InChI is InChI=1S/C21H15F3N4O3S/c1-11(29)27-19-10-26-21-16(19)5-12(9-25-21)15-7-20(18(24)8-17(15)23)32(30,31)28-14-4-2-3-13(22)6-14/h2-10,28H,1H3,(H,25,26)(H,27,29). The van der Waals surface area contributed by atoms with Crippen LogP contribution in [0, 0.1) is 17.5 Å². The van der Waals surface area contributed by atoms with Crippen molar-refractivity contribution < 1.29 is 26.4 Å². The minimum Gasteiger partial charge on any atom is -0.344 e. The molecule has 0 atom stereocenters. The summed E-state index contributed by atoms with van der Waals surface area (Å²) in [6, 6.07) is 7.38. The summed E-state index contributed by atoms with van der Waals surface area (Å²) in [5.74, 6) is -3.35. The average molecular weight is 460 g/mol. The van der Waals surface area contributed by atoms with E-state index in [0.717, 1.165) is 18.2 Å². The molecule has 7 nitrogen and oxygen atoms in total. The van der Waals surface area contributed by atoms with Gasteiger partial charge in [-0.3, -0.25) is 9.52 Å². The lowest BCUT2D eigenvalue weighted by Gasteiger charge is -2.12. The van der Waals surface area contributed by atoms with E-state index >= 15 is 0 Å². The minimum atomic E-state index is -4.51. The smallest absolute Gasteiger partial charge is 0.264 e. The molecule has 0 fully saturated rings. The molecule has 0 spiro atoms. The van der Waals surface area contributed by atoms with Crippen LogP contribution in [0.5, 0.6) is 0 Å². The molecule has 1 amide bonds. The zero-order chi connectivity index (χ0) is 23.0. The largest absolute Gasteiger partial charge is 0.344 e. The number of benzene rings is 2. The zero-order valence-electron chi connectivity index (χ0n) is 16.4. The van der Waals surface area contributed by atoms with Crippen LogP contribution in [0.4, 0.5) is 24.5 Å². The third-order valence-electron chi connectivity index (χ3n) is 4.54. The zero-order valence-corrected chi connectivity index (χ0v) is 17.2. The van der Waals surface area contributed by atoms with Gasteiger partial charge < -0.3 is 10.3 Å². The van der Waals surface area contributed by atoms with E-state index in [4.69, 9.17) is 0 Å². The fraction of sp³-hybridized carbons (Fsp3) is 0.0476. The number of halogens is 3. The van der Waals surface area contributed by atoms with Gasteiger partial charge in [-0.2, -0.15) is 0 Å². The molecule has 4 aromatic rings. The van der Waals surface area contributed by atoms with E-state index in [9.17, 15) is 26.4 Å². The number of rotatable bonds is 5. The molecule has 0 aliphatic heterocycles. The van der Waals surface area contributed by atoms with Gasteiger partial charge in [0, 0.05) is 41.9 Å². The van der Waals surface area contributed by atoms with Gasteiger partial charge in [-0.05, 0) is 30.3 Å². The molecule has 0 bridgehead atoms. The van der Waals surface area contributed by atoms with Crippen LogP contribution in [0.15, 0.2) is 59.8 Å². The molecule has 0 saturated heterocycles. The molecule has 4 rings (SSSR count).